The summed E-state index contributed by atoms with van der Waals surface area (Å²) >= 11 is 0. The van der Waals surface area contributed by atoms with Gasteiger partial charge in [-0.05, 0) is 65.5 Å². The summed E-state index contributed by atoms with van der Waals surface area (Å²) in [6.45, 7) is 0. The van der Waals surface area contributed by atoms with Crippen molar-refractivity contribution in [3.05, 3.63) is 188 Å². The molecular formula is C48H31N4OP. The molecule has 1 aliphatic rings. The van der Waals surface area contributed by atoms with Crippen LogP contribution in [0.3, 0.4) is 0 Å². The highest BCUT2D eigenvalue weighted by molar-refractivity contribution is 7.80. The summed E-state index contributed by atoms with van der Waals surface area (Å²) in [6, 6.07) is 64.3. The van der Waals surface area contributed by atoms with Crippen LogP contribution in [-0.4, -0.2) is 14.5 Å². The van der Waals surface area contributed by atoms with Crippen LogP contribution >= 0.6 is 7.29 Å². The molecule has 54 heavy (non-hydrogen) atoms. The van der Waals surface area contributed by atoms with Crippen molar-refractivity contribution in [3.63, 3.8) is 0 Å². The first-order chi connectivity index (χ1) is 26.7. The van der Waals surface area contributed by atoms with E-state index in [2.05, 4.69) is 124 Å². The molecule has 254 valence electrons. The van der Waals surface area contributed by atoms with E-state index >= 15 is 4.57 Å². The van der Waals surface area contributed by atoms with Crippen LogP contribution in [0.1, 0.15) is 0 Å². The van der Waals surface area contributed by atoms with Gasteiger partial charge in [0, 0.05) is 49.0 Å². The standard InChI is InChI=1S/C48H31N4OP/c53-54(35-21-8-3-9-22-35)45-27-15-13-25-38(45)41-30-40-37-24-12-14-26-42(37)51(43(40)31-44(41)52(54)34-19-6-2-7-20-34)48-49-46(33-17-4-1-5-18-33)39-29-28-32-16-10-11-23-36(32)47(39)50-48/h1-31H. The average molecular weight is 711 g/mol. The summed E-state index contributed by atoms with van der Waals surface area (Å²) in [5.41, 5.74) is 8.48. The molecule has 0 spiro atoms. The summed E-state index contributed by atoms with van der Waals surface area (Å²) in [5, 5.41) is 6.98. The Balaban J connectivity index is 1.28. The molecule has 3 heterocycles. The lowest BCUT2D eigenvalue weighted by atomic mass is 9.99. The zero-order valence-electron chi connectivity index (χ0n) is 29.0. The lowest BCUT2D eigenvalue weighted by Crippen LogP contribution is -2.33. The van der Waals surface area contributed by atoms with E-state index in [0.29, 0.717) is 5.95 Å². The number of rotatable bonds is 4. The van der Waals surface area contributed by atoms with Crippen molar-refractivity contribution >= 4 is 72.8 Å². The van der Waals surface area contributed by atoms with E-state index in [4.69, 9.17) is 9.97 Å². The fourth-order valence-electron chi connectivity index (χ4n) is 8.36. The van der Waals surface area contributed by atoms with Crippen molar-refractivity contribution in [2.75, 3.05) is 4.67 Å². The fourth-order valence-corrected chi connectivity index (χ4v) is 11.4. The molecular weight excluding hydrogens is 680 g/mol. The van der Waals surface area contributed by atoms with Gasteiger partial charge in [0.2, 0.25) is 13.2 Å². The molecule has 1 unspecified atom stereocenters. The highest BCUT2D eigenvalue weighted by Crippen LogP contribution is 2.61. The monoisotopic (exact) mass is 710 g/mol. The normalized spacial score (nSPS) is 15.1. The van der Waals surface area contributed by atoms with Gasteiger partial charge in [0.1, 0.15) is 0 Å². The number of para-hydroxylation sites is 2. The van der Waals surface area contributed by atoms with Gasteiger partial charge in [0.15, 0.2) is 0 Å². The van der Waals surface area contributed by atoms with Crippen molar-refractivity contribution < 1.29 is 4.57 Å². The number of benzene rings is 8. The molecule has 0 aliphatic carbocycles. The maximum atomic E-state index is 16.2. The van der Waals surface area contributed by atoms with Gasteiger partial charge in [-0.1, -0.05) is 133 Å². The van der Waals surface area contributed by atoms with E-state index in [-0.39, 0.29) is 0 Å². The Hall–Kier alpha value is -6.81. The average Bonchev–Trinajstić information content (AvgIpc) is 3.57. The van der Waals surface area contributed by atoms with Crippen molar-refractivity contribution in [2.24, 2.45) is 0 Å². The largest absolute Gasteiger partial charge is 0.289 e. The van der Waals surface area contributed by atoms with Crippen LogP contribution in [0.2, 0.25) is 0 Å². The number of fused-ring (bicyclic) bond motifs is 9. The Morgan fingerprint density at radius 3 is 1.96 bits per heavy atom. The molecule has 0 fully saturated rings. The highest BCUT2D eigenvalue weighted by Gasteiger charge is 2.43. The van der Waals surface area contributed by atoms with Crippen LogP contribution in [0, 0.1) is 0 Å². The molecule has 8 aromatic carbocycles. The summed E-state index contributed by atoms with van der Waals surface area (Å²) in [6.07, 6.45) is 0. The van der Waals surface area contributed by atoms with Crippen molar-refractivity contribution in [3.8, 4) is 28.3 Å². The van der Waals surface area contributed by atoms with Crippen molar-refractivity contribution in [2.45, 2.75) is 0 Å². The van der Waals surface area contributed by atoms with Crippen LogP contribution in [-0.2, 0) is 4.57 Å². The third-order valence-corrected chi connectivity index (χ3v) is 13.8. The Kier molecular flexibility index (Phi) is 6.76. The Morgan fingerprint density at radius 1 is 0.481 bits per heavy atom. The summed E-state index contributed by atoms with van der Waals surface area (Å²) in [7, 11) is -3.43. The molecule has 0 radical (unpaired) electrons. The molecule has 2 aromatic heterocycles. The molecule has 0 amide bonds. The number of aromatic nitrogens is 3. The van der Waals surface area contributed by atoms with Crippen LogP contribution < -0.4 is 15.3 Å². The Labute approximate surface area is 311 Å². The number of hydrogen-bond acceptors (Lipinski definition) is 3. The maximum absolute atomic E-state index is 16.2. The first-order valence-corrected chi connectivity index (χ1v) is 19.8. The summed E-state index contributed by atoms with van der Waals surface area (Å²) in [4.78, 5) is 10.8. The van der Waals surface area contributed by atoms with Gasteiger partial charge in [-0.2, -0.15) is 0 Å². The van der Waals surface area contributed by atoms with Crippen LogP contribution in [0.25, 0.3) is 71.8 Å². The topological polar surface area (TPSA) is 51.0 Å². The van der Waals surface area contributed by atoms with Gasteiger partial charge >= 0.3 is 0 Å². The van der Waals surface area contributed by atoms with Gasteiger partial charge < -0.3 is 0 Å². The SMILES string of the molecule is O=P1(c2ccccc2)c2ccccc2-c2cc3c4ccccc4n(-c4nc(-c5ccccc5)c5ccc6ccccc6c5n4)c3cc2N1c1ccccc1. The Morgan fingerprint density at radius 2 is 1.15 bits per heavy atom. The van der Waals surface area contributed by atoms with E-state index < -0.39 is 7.29 Å². The third-order valence-electron chi connectivity index (χ3n) is 10.8. The number of nitrogens with zero attached hydrogens (tertiary/aromatic N) is 4. The number of hydrogen-bond donors (Lipinski definition) is 0. The lowest BCUT2D eigenvalue weighted by Gasteiger charge is -2.40. The number of anilines is 2. The molecule has 0 saturated carbocycles. The van der Waals surface area contributed by atoms with Gasteiger partial charge in [-0.3, -0.25) is 13.8 Å². The second-order valence-electron chi connectivity index (χ2n) is 13.7. The molecule has 0 saturated heterocycles. The van der Waals surface area contributed by atoms with Gasteiger partial charge in [-0.15, -0.1) is 0 Å². The highest BCUT2D eigenvalue weighted by atomic mass is 31.2. The van der Waals surface area contributed by atoms with Crippen molar-refractivity contribution in [1.29, 1.82) is 0 Å². The van der Waals surface area contributed by atoms with E-state index in [1.54, 1.807) is 0 Å². The quantitative estimate of drug-likeness (QED) is 0.135. The molecule has 6 heteroatoms. The molecule has 10 aromatic rings. The smallest absolute Gasteiger partial charge is 0.235 e. The fraction of sp³-hybridized carbons (Fsp3) is 0. The van der Waals surface area contributed by atoms with Gasteiger partial charge in [-0.25, -0.2) is 9.97 Å². The summed E-state index contributed by atoms with van der Waals surface area (Å²) in [5.74, 6) is 0.581. The van der Waals surface area contributed by atoms with Crippen LogP contribution in [0.5, 0.6) is 0 Å². The van der Waals surface area contributed by atoms with Crippen LogP contribution in [0.4, 0.5) is 11.4 Å². The van der Waals surface area contributed by atoms with Crippen molar-refractivity contribution in [1.82, 2.24) is 14.5 Å². The Bertz CT molecular complexity index is 3140. The van der Waals surface area contributed by atoms with Crippen LogP contribution in [0.15, 0.2) is 188 Å². The van der Waals surface area contributed by atoms with E-state index in [9.17, 15) is 0 Å². The minimum absolute atomic E-state index is 0.581. The zero-order valence-corrected chi connectivity index (χ0v) is 29.9. The molecule has 1 atom stereocenters. The van der Waals surface area contributed by atoms with E-state index in [1.165, 1.54) is 0 Å². The van der Waals surface area contributed by atoms with E-state index in [0.717, 1.165) is 87.8 Å². The first-order valence-electron chi connectivity index (χ1n) is 18.1. The molecule has 0 bridgehead atoms. The van der Waals surface area contributed by atoms with E-state index in [1.807, 2.05) is 72.8 Å². The minimum Gasteiger partial charge on any atom is -0.289 e. The zero-order chi connectivity index (χ0) is 35.8. The summed E-state index contributed by atoms with van der Waals surface area (Å²) < 4.78 is 20.5. The predicted octanol–water partition coefficient (Wildman–Crippen LogP) is 11.6. The maximum Gasteiger partial charge on any atom is 0.235 e. The minimum atomic E-state index is -3.43. The molecule has 1 aliphatic heterocycles. The second-order valence-corrected chi connectivity index (χ2v) is 16.3. The van der Waals surface area contributed by atoms with Gasteiger partial charge in [0.05, 0.1) is 27.9 Å². The van der Waals surface area contributed by atoms with Gasteiger partial charge in [0.25, 0.3) is 0 Å². The second kappa shape index (κ2) is 11.9. The molecule has 5 nitrogen and oxygen atoms in total. The lowest BCUT2D eigenvalue weighted by molar-refractivity contribution is 0.587. The molecule has 11 rings (SSSR count). The third kappa shape index (κ3) is 4.43. The molecule has 0 N–H and O–H groups in total. The first kappa shape index (κ1) is 30.8. The predicted molar refractivity (Wildman–Crippen MR) is 224 cm³/mol.